The zero-order valence-electron chi connectivity index (χ0n) is 12.0. The Labute approximate surface area is 107 Å². The van der Waals surface area contributed by atoms with Gasteiger partial charge in [-0.2, -0.15) is 0 Å². The van der Waals surface area contributed by atoms with Crippen molar-refractivity contribution >= 4 is 5.78 Å². The predicted molar refractivity (Wildman–Crippen MR) is 73.3 cm³/mol. The van der Waals surface area contributed by atoms with E-state index in [1.807, 2.05) is 0 Å². The zero-order chi connectivity index (χ0) is 12.9. The van der Waals surface area contributed by atoms with Gasteiger partial charge in [0.15, 0.2) is 0 Å². The summed E-state index contributed by atoms with van der Waals surface area (Å²) in [5.41, 5.74) is 0. The first-order valence-corrected chi connectivity index (χ1v) is 7.27. The van der Waals surface area contributed by atoms with E-state index in [1.54, 1.807) is 6.92 Å². The molecule has 2 nitrogen and oxygen atoms in total. The second kappa shape index (κ2) is 12.1. The first-order valence-electron chi connectivity index (χ1n) is 7.27. The molecular formula is C15H30O2. The van der Waals surface area contributed by atoms with Crippen molar-refractivity contribution in [2.75, 3.05) is 6.61 Å². The highest BCUT2D eigenvalue weighted by Gasteiger charge is 2.02. The molecule has 0 saturated heterocycles. The molecule has 0 rings (SSSR count). The maximum Gasteiger partial charge on any atom is 0.129 e. The van der Waals surface area contributed by atoms with E-state index in [4.69, 9.17) is 4.74 Å². The summed E-state index contributed by atoms with van der Waals surface area (Å²) in [5, 5.41) is 0. The van der Waals surface area contributed by atoms with Crippen LogP contribution in [0.5, 0.6) is 0 Å². The fourth-order valence-corrected chi connectivity index (χ4v) is 1.90. The SMILES string of the molecule is CCCCCCCCC(C)OCCCC(C)=O. The molecule has 0 aliphatic carbocycles. The van der Waals surface area contributed by atoms with Gasteiger partial charge in [0, 0.05) is 13.0 Å². The molecular weight excluding hydrogens is 212 g/mol. The Kier molecular flexibility index (Phi) is 11.8. The van der Waals surface area contributed by atoms with E-state index >= 15 is 0 Å². The Balaban J connectivity index is 3.17. The highest BCUT2D eigenvalue weighted by atomic mass is 16.5. The number of carbonyl (C=O) groups is 1. The summed E-state index contributed by atoms with van der Waals surface area (Å²) in [4.78, 5) is 10.7. The molecule has 1 unspecified atom stereocenters. The van der Waals surface area contributed by atoms with Gasteiger partial charge in [-0.15, -0.1) is 0 Å². The zero-order valence-corrected chi connectivity index (χ0v) is 12.0. The van der Waals surface area contributed by atoms with Gasteiger partial charge >= 0.3 is 0 Å². The number of rotatable bonds is 12. The molecule has 0 radical (unpaired) electrons. The molecule has 0 N–H and O–H groups in total. The van der Waals surface area contributed by atoms with Crippen LogP contribution in [0, 0.1) is 0 Å². The van der Waals surface area contributed by atoms with E-state index in [0.29, 0.717) is 12.5 Å². The average molecular weight is 242 g/mol. The standard InChI is InChI=1S/C15H30O2/c1-4-5-6-7-8-9-12-15(3)17-13-10-11-14(2)16/h15H,4-13H2,1-3H3. The molecule has 17 heavy (non-hydrogen) atoms. The normalized spacial score (nSPS) is 12.6. The first kappa shape index (κ1) is 16.6. The third-order valence-electron chi connectivity index (χ3n) is 3.04. The lowest BCUT2D eigenvalue weighted by Gasteiger charge is -2.12. The van der Waals surface area contributed by atoms with Gasteiger partial charge < -0.3 is 9.53 Å². The molecule has 1 atom stereocenters. The van der Waals surface area contributed by atoms with Crippen LogP contribution in [0.15, 0.2) is 0 Å². The van der Waals surface area contributed by atoms with Crippen molar-refractivity contribution in [2.45, 2.75) is 84.7 Å². The molecule has 0 heterocycles. The summed E-state index contributed by atoms with van der Waals surface area (Å²) in [6.07, 6.45) is 11.1. The second-order valence-electron chi connectivity index (χ2n) is 5.04. The van der Waals surface area contributed by atoms with Gasteiger partial charge in [-0.05, 0) is 26.7 Å². The van der Waals surface area contributed by atoms with E-state index < -0.39 is 0 Å². The van der Waals surface area contributed by atoms with Crippen molar-refractivity contribution < 1.29 is 9.53 Å². The van der Waals surface area contributed by atoms with E-state index in [2.05, 4.69) is 13.8 Å². The van der Waals surface area contributed by atoms with Crippen molar-refractivity contribution in [3.05, 3.63) is 0 Å². The molecule has 0 fully saturated rings. The Morgan fingerprint density at radius 1 is 1.06 bits per heavy atom. The number of Topliss-reactive ketones (excluding diaryl/α,β-unsaturated/α-hetero) is 1. The van der Waals surface area contributed by atoms with E-state index in [0.717, 1.165) is 19.4 Å². The number of hydrogen-bond donors (Lipinski definition) is 0. The monoisotopic (exact) mass is 242 g/mol. The highest BCUT2D eigenvalue weighted by Crippen LogP contribution is 2.10. The molecule has 0 saturated carbocycles. The lowest BCUT2D eigenvalue weighted by Crippen LogP contribution is -2.09. The van der Waals surface area contributed by atoms with Gasteiger partial charge in [0.1, 0.15) is 5.78 Å². The second-order valence-corrected chi connectivity index (χ2v) is 5.04. The summed E-state index contributed by atoms with van der Waals surface area (Å²) >= 11 is 0. The number of ketones is 1. The van der Waals surface area contributed by atoms with Crippen LogP contribution in [0.4, 0.5) is 0 Å². The minimum absolute atomic E-state index is 0.261. The Morgan fingerprint density at radius 3 is 2.35 bits per heavy atom. The van der Waals surface area contributed by atoms with Crippen molar-refractivity contribution in [2.24, 2.45) is 0 Å². The molecule has 2 heteroatoms. The fraction of sp³-hybridized carbons (Fsp3) is 0.933. The molecule has 0 amide bonds. The number of carbonyl (C=O) groups excluding carboxylic acids is 1. The summed E-state index contributed by atoms with van der Waals surface area (Å²) in [7, 11) is 0. The maximum absolute atomic E-state index is 10.7. The van der Waals surface area contributed by atoms with Crippen LogP contribution in [0.1, 0.15) is 78.6 Å². The minimum atomic E-state index is 0.261. The van der Waals surface area contributed by atoms with E-state index in [9.17, 15) is 4.79 Å². The average Bonchev–Trinajstić information content (AvgIpc) is 2.29. The quantitative estimate of drug-likeness (QED) is 0.471. The third-order valence-corrected chi connectivity index (χ3v) is 3.04. The molecule has 0 aliphatic rings. The molecule has 102 valence electrons. The lowest BCUT2D eigenvalue weighted by atomic mass is 10.1. The minimum Gasteiger partial charge on any atom is -0.378 e. The molecule has 0 spiro atoms. The van der Waals surface area contributed by atoms with E-state index in [-0.39, 0.29) is 5.78 Å². The Morgan fingerprint density at radius 2 is 1.71 bits per heavy atom. The van der Waals surface area contributed by atoms with Crippen LogP contribution in [-0.2, 0) is 9.53 Å². The van der Waals surface area contributed by atoms with Crippen LogP contribution in [0.2, 0.25) is 0 Å². The molecule has 0 bridgehead atoms. The van der Waals surface area contributed by atoms with Crippen LogP contribution < -0.4 is 0 Å². The van der Waals surface area contributed by atoms with Gasteiger partial charge in [0.25, 0.3) is 0 Å². The van der Waals surface area contributed by atoms with Crippen molar-refractivity contribution in [1.29, 1.82) is 0 Å². The maximum atomic E-state index is 10.7. The van der Waals surface area contributed by atoms with Crippen molar-refractivity contribution in [3.8, 4) is 0 Å². The summed E-state index contributed by atoms with van der Waals surface area (Å²) in [6.45, 7) is 6.76. The van der Waals surface area contributed by atoms with Gasteiger partial charge in [-0.3, -0.25) is 0 Å². The van der Waals surface area contributed by atoms with E-state index in [1.165, 1.54) is 38.5 Å². The highest BCUT2D eigenvalue weighted by molar-refractivity contribution is 5.75. The topological polar surface area (TPSA) is 26.3 Å². The van der Waals surface area contributed by atoms with Gasteiger partial charge in [0.2, 0.25) is 0 Å². The van der Waals surface area contributed by atoms with Gasteiger partial charge in [0.05, 0.1) is 6.10 Å². The summed E-state index contributed by atoms with van der Waals surface area (Å²) < 4.78 is 5.67. The molecule has 0 aromatic carbocycles. The third kappa shape index (κ3) is 13.6. The largest absolute Gasteiger partial charge is 0.378 e. The fourth-order valence-electron chi connectivity index (χ4n) is 1.90. The molecule has 0 aromatic rings. The number of unbranched alkanes of at least 4 members (excludes halogenated alkanes) is 5. The van der Waals surface area contributed by atoms with Crippen LogP contribution >= 0.6 is 0 Å². The smallest absolute Gasteiger partial charge is 0.129 e. The summed E-state index contributed by atoms with van der Waals surface area (Å²) in [5.74, 6) is 0.261. The number of hydrogen-bond acceptors (Lipinski definition) is 2. The number of ether oxygens (including phenoxy) is 1. The van der Waals surface area contributed by atoms with Crippen LogP contribution in [0.25, 0.3) is 0 Å². The van der Waals surface area contributed by atoms with Crippen molar-refractivity contribution in [1.82, 2.24) is 0 Å². The molecule has 0 aromatic heterocycles. The van der Waals surface area contributed by atoms with Crippen LogP contribution in [0.3, 0.4) is 0 Å². The summed E-state index contributed by atoms with van der Waals surface area (Å²) in [6, 6.07) is 0. The van der Waals surface area contributed by atoms with Crippen molar-refractivity contribution in [3.63, 3.8) is 0 Å². The van der Waals surface area contributed by atoms with Gasteiger partial charge in [-0.25, -0.2) is 0 Å². The molecule has 0 aliphatic heterocycles. The van der Waals surface area contributed by atoms with Gasteiger partial charge in [-0.1, -0.05) is 45.4 Å². The predicted octanol–water partition coefficient (Wildman–Crippen LogP) is 4.51. The Hall–Kier alpha value is -0.370. The lowest BCUT2D eigenvalue weighted by molar-refractivity contribution is -0.117. The Bertz CT molecular complexity index is 178. The van der Waals surface area contributed by atoms with Crippen LogP contribution in [-0.4, -0.2) is 18.5 Å². The first-order chi connectivity index (χ1) is 8.16.